The molecule has 0 aliphatic carbocycles. The number of benzene rings is 2. The van der Waals surface area contributed by atoms with Crippen molar-refractivity contribution in [1.29, 1.82) is 0 Å². The maximum Gasteiger partial charge on any atom is 0.104 e. The largest absolute Gasteiger partial charge is 0.389 e. The molecule has 0 amide bonds. The Kier molecular flexibility index (Phi) is 4.45. The number of anilines is 2. The lowest BCUT2D eigenvalue weighted by atomic mass is 10.2. The van der Waals surface area contributed by atoms with Crippen molar-refractivity contribution in [2.45, 2.75) is 6.92 Å². The molecule has 98 valence electrons. The fraction of sp³-hybridized carbons (Fsp3) is 0.0714. The van der Waals surface area contributed by atoms with E-state index in [1.165, 1.54) is 5.56 Å². The van der Waals surface area contributed by atoms with Gasteiger partial charge in [0.05, 0.1) is 16.4 Å². The molecule has 2 rings (SSSR count). The molecule has 2 aromatic carbocycles. The number of nitrogens with one attached hydrogen (secondary N) is 1. The predicted octanol–water partition coefficient (Wildman–Crippen LogP) is 4.79. The first-order valence-corrected chi connectivity index (χ1v) is 7.18. The third-order valence-corrected chi connectivity index (χ3v) is 3.85. The third kappa shape index (κ3) is 3.47. The summed E-state index contributed by atoms with van der Waals surface area (Å²) < 4.78 is 0.988. The maximum atomic E-state index is 6.21. The Morgan fingerprint density at radius 2 is 1.89 bits per heavy atom. The van der Waals surface area contributed by atoms with Gasteiger partial charge in [0.25, 0.3) is 0 Å². The van der Waals surface area contributed by atoms with Crippen LogP contribution in [-0.2, 0) is 0 Å². The molecule has 0 bridgehead atoms. The third-order valence-electron chi connectivity index (χ3n) is 2.65. The van der Waals surface area contributed by atoms with Crippen molar-refractivity contribution >= 4 is 56.1 Å². The Morgan fingerprint density at radius 3 is 2.47 bits per heavy atom. The Bertz CT molecular complexity index is 643. The minimum Gasteiger partial charge on any atom is -0.389 e. The van der Waals surface area contributed by atoms with Crippen LogP contribution in [0, 0.1) is 6.92 Å². The van der Waals surface area contributed by atoms with Gasteiger partial charge in [-0.25, -0.2) is 0 Å². The lowest BCUT2D eigenvalue weighted by molar-refractivity contribution is 1.43. The number of thiocarbonyl (C=S) groups is 1. The molecule has 0 unspecified atom stereocenters. The molecule has 3 N–H and O–H groups in total. The van der Waals surface area contributed by atoms with Crippen molar-refractivity contribution in [2.24, 2.45) is 5.73 Å². The molecule has 0 saturated carbocycles. The van der Waals surface area contributed by atoms with E-state index in [-0.39, 0.29) is 0 Å². The van der Waals surface area contributed by atoms with Crippen molar-refractivity contribution in [3.8, 4) is 0 Å². The molecule has 0 aliphatic rings. The first-order chi connectivity index (χ1) is 8.97. The molecule has 0 heterocycles. The number of rotatable bonds is 3. The summed E-state index contributed by atoms with van der Waals surface area (Å²) >= 11 is 14.7. The summed E-state index contributed by atoms with van der Waals surface area (Å²) in [4.78, 5) is 0.338. The van der Waals surface area contributed by atoms with E-state index < -0.39 is 0 Å². The summed E-state index contributed by atoms with van der Waals surface area (Å²) in [7, 11) is 0. The van der Waals surface area contributed by atoms with E-state index in [4.69, 9.17) is 29.6 Å². The van der Waals surface area contributed by atoms with E-state index in [0.717, 1.165) is 21.4 Å². The first-order valence-electron chi connectivity index (χ1n) is 5.60. The molecule has 2 aromatic rings. The van der Waals surface area contributed by atoms with Crippen LogP contribution < -0.4 is 11.1 Å². The molecule has 2 nitrogen and oxygen atoms in total. The van der Waals surface area contributed by atoms with Gasteiger partial charge in [0.2, 0.25) is 0 Å². The molecule has 0 fully saturated rings. The van der Waals surface area contributed by atoms with Crippen molar-refractivity contribution in [3.05, 3.63) is 57.0 Å². The number of hydrogen-bond acceptors (Lipinski definition) is 2. The molecule has 5 heteroatoms. The SMILES string of the molecule is Cc1ccc(Nc2ccc(C(N)=S)cc2Cl)c(Br)c1. The normalized spacial score (nSPS) is 10.3. The standard InChI is InChI=1S/C14H12BrClN2S/c1-8-2-4-12(10(15)6-8)18-13-5-3-9(14(17)19)7-11(13)16/h2-7,18H,1H3,(H2,17,19). The molecule has 0 atom stereocenters. The Balaban J connectivity index is 2.31. The topological polar surface area (TPSA) is 38.0 Å². The molecule has 19 heavy (non-hydrogen) atoms. The molecule has 0 saturated heterocycles. The van der Waals surface area contributed by atoms with Crippen molar-refractivity contribution in [3.63, 3.8) is 0 Å². The predicted molar refractivity (Wildman–Crippen MR) is 89.5 cm³/mol. The summed E-state index contributed by atoms with van der Waals surface area (Å²) in [5, 5.41) is 3.85. The number of nitrogens with two attached hydrogens (primary N) is 1. The summed E-state index contributed by atoms with van der Waals surface area (Å²) in [5.41, 5.74) is 9.28. The Labute approximate surface area is 131 Å². The van der Waals surface area contributed by atoms with Crippen LogP contribution in [0.5, 0.6) is 0 Å². The zero-order chi connectivity index (χ0) is 14.0. The molecule has 0 aromatic heterocycles. The molecule has 0 radical (unpaired) electrons. The van der Waals surface area contributed by atoms with Gasteiger partial charge in [-0.3, -0.25) is 0 Å². The van der Waals surface area contributed by atoms with Crippen LogP contribution in [-0.4, -0.2) is 4.99 Å². The van der Waals surface area contributed by atoms with Crippen LogP contribution in [0.1, 0.15) is 11.1 Å². The minimum absolute atomic E-state index is 0.338. The highest BCUT2D eigenvalue weighted by atomic mass is 79.9. The summed E-state index contributed by atoms with van der Waals surface area (Å²) in [6.45, 7) is 2.04. The summed E-state index contributed by atoms with van der Waals surface area (Å²) in [6.07, 6.45) is 0. The van der Waals surface area contributed by atoms with E-state index in [1.54, 1.807) is 6.07 Å². The molecule has 0 aliphatic heterocycles. The van der Waals surface area contributed by atoms with Crippen LogP contribution in [0.4, 0.5) is 11.4 Å². The fourth-order valence-electron chi connectivity index (χ4n) is 1.64. The molecular formula is C14H12BrClN2S. The number of aryl methyl sites for hydroxylation is 1. The average Bonchev–Trinajstić information content (AvgIpc) is 2.34. The van der Waals surface area contributed by atoms with Gasteiger partial charge >= 0.3 is 0 Å². The van der Waals surface area contributed by atoms with Crippen molar-refractivity contribution < 1.29 is 0 Å². The van der Waals surface area contributed by atoms with Gasteiger partial charge in [0, 0.05) is 10.0 Å². The zero-order valence-corrected chi connectivity index (χ0v) is 13.4. The van der Waals surface area contributed by atoms with Gasteiger partial charge in [0.1, 0.15) is 4.99 Å². The van der Waals surface area contributed by atoms with E-state index in [0.29, 0.717) is 10.0 Å². The van der Waals surface area contributed by atoms with Crippen LogP contribution >= 0.6 is 39.7 Å². The quantitative estimate of drug-likeness (QED) is 0.778. The highest BCUT2D eigenvalue weighted by molar-refractivity contribution is 9.10. The van der Waals surface area contributed by atoms with E-state index in [2.05, 4.69) is 21.2 Å². The van der Waals surface area contributed by atoms with Crippen LogP contribution in [0.2, 0.25) is 5.02 Å². The Morgan fingerprint density at radius 1 is 1.21 bits per heavy atom. The second kappa shape index (κ2) is 5.90. The molecular weight excluding hydrogens is 344 g/mol. The van der Waals surface area contributed by atoms with Gasteiger partial charge < -0.3 is 11.1 Å². The maximum absolute atomic E-state index is 6.21. The average molecular weight is 356 g/mol. The van der Waals surface area contributed by atoms with E-state index in [9.17, 15) is 0 Å². The molecule has 0 spiro atoms. The lowest BCUT2D eigenvalue weighted by Gasteiger charge is -2.11. The van der Waals surface area contributed by atoms with Crippen LogP contribution in [0.3, 0.4) is 0 Å². The fourth-order valence-corrected chi connectivity index (χ4v) is 2.58. The van der Waals surface area contributed by atoms with Crippen molar-refractivity contribution in [2.75, 3.05) is 5.32 Å². The van der Waals surface area contributed by atoms with E-state index >= 15 is 0 Å². The van der Waals surface area contributed by atoms with E-state index in [1.807, 2.05) is 37.3 Å². The smallest absolute Gasteiger partial charge is 0.104 e. The minimum atomic E-state index is 0.338. The van der Waals surface area contributed by atoms with Gasteiger partial charge in [-0.2, -0.15) is 0 Å². The second-order valence-electron chi connectivity index (χ2n) is 4.17. The van der Waals surface area contributed by atoms with Crippen molar-refractivity contribution in [1.82, 2.24) is 0 Å². The van der Waals surface area contributed by atoms with Gasteiger partial charge in [0.15, 0.2) is 0 Å². The number of halogens is 2. The summed E-state index contributed by atoms with van der Waals surface area (Å²) in [6, 6.07) is 11.5. The zero-order valence-electron chi connectivity index (χ0n) is 10.2. The monoisotopic (exact) mass is 354 g/mol. The lowest BCUT2D eigenvalue weighted by Crippen LogP contribution is -2.09. The Hall–Kier alpha value is -1.10. The van der Waals surface area contributed by atoms with Crippen LogP contribution in [0.15, 0.2) is 40.9 Å². The van der Waals surface area contributed by atoms with Gasteiger partial charge in [-0.1, -0.05) is 29.9 Å². The highest BCUT2D eigenvalue weighted by Gasteiger charge is 2.06. The highest BCUT2D eigenvalue weighted by Crippen LogP contribution is 2.31. The van der Waals surface area contributed by atoms with Gasteiger partial charge in [-0.15, -0.1) is 0 Å². The second-order valence-corrected chi connectivity index (χ2v) is 5.87. The van der Waals surface area contributed by atoms with Gasteiger partial charge in [-0.05, 0) is 58.7 Å². The first kappa shape index (κ1) is 14.3. The van der Waals surface area contributed by atoms with Crippen LogP contribution in [0.25, 0.3) is 0 Å². The number of hydrogen-bond donors (Lipinski definition) is 2. The summed E-state index contributed by atoms with van der Waals surface area (Å²) in [5.74, 6) is 0.